The van der Waals surface area contributed by atoms with Gasteiger partial charge in [-0.2, -0.15) is 0 Å². The Morgan fingerprint density at radius 3 is 1.55 bits per heavy atom. The molecule has 0 amide bonds. The van der Waals surface area contributed by atoms with Gasteiger partial charge in [0.1, 0.15) is 10.1 Å². The van der Waals surface area contributed by atoms with Gasteiger partial charge in [0.2, 0.25) is 0 Å². The zero-order valence-electron chi connectivity index (χ0n) is 13.1. The first kappa shape index (κ1) is 16.0. The van der Waals surface area contributed by atoms with E-state index < -0.39 is 10.1 Å². The summed E-state index contributed by atoms with van der Waals surface area (Å²) in [5.41, 5.74) is 1.61. The molecule has 2 aliphatic carbocycles. The van der Waals surface area contributed by atoms with Crippen LogP contribution in [-0.4, -0.2) is 13.0 Å². The Kier molecular flexibility index (Phi) is 4.88. The Morgan fingerprint density at radius 1 is 0.773 bits per heavy atom. The summed E-state index contributed by atoms with van der Waals surface area (Å²) in [4.78, 5) is 0.133. The fourth-order valence-electron chi connectivity index (χ4n) is 4.33. The molecule has 1 aromatic rings. The third-order valence-corrected chi connectivity index (χ3v) is 6.39. The highest BCUT2D eigenvalue weighted by atomic mass is 32.2. The zero-order valence-corrected chi connectivity index (χ0v) is 13.9. The molecule has 22 heavy (non-hydrogen) atoms. The quantitative estimate of drug-likeness (QED) is 0.759. The smallest absolute Gasteiger partial charge is 0.124 e. The molecule has 0 atom stereocenters. The van der Waals surface area contributed by atoms with Crippen molar-refractivity contribution in [2.24, 2.45) is 0 Å². The van der Waals surface area contributed by atoms with E-state index in [1.54, 1.807) is 0 Å². The Labute approximate surface area is 133 Å². The van der Waals surface area contributed by atoms with E-state index in [1.165, 1.54) is 12.8 Å². The van der Waals surface area contributed by atoms with Crippen LogP contribution in [0.25, 0.3) is 0 Å². The molecule has 0 bridgehead atoms. The average Bonchev–Trinajstić information content (AvgIpc) is 2.55. The topological polar surface area (TPSA) is 57.2 Å². The Bertz CT molecular complexity index is 573. The monoisotopic (exact) mass is 321 g/mol. The number of benzene rings is 1. The van der Waals surface area contributed by atoms with E-state index in [-0.39, 0.29) is 16.7 Å². The molecule has 0 radical (unpaired) electrons. The van der Waals surface area contributed by atoms with Crippen LogP contribution in [0.15, 0.2) is 23.1 Å². The lowest BCUT2D eigenvalue weighted by molar-refractivity contribution is 0.416. The molecule has 0 aromatic heterocycles. The molecular weight excluding hydrogens is 296 g/mol. The van der Waals surface area contributed by atoms with E-state index in [0.29, 0.717) is 0 Å². The molecule has 3 rings (SSSR count). The third kappa shape index (κ3) is 3.38. The molecule has 2 fully saturated rings. The lowest BCUT2D eigenvalue weighted by Gasteiger charge is -2.30. The zero-order chi connectivity index (χ0) is 15.6. The van der Waals surface area contributed by atoms with Gasteiger partial charge in [-0.15, -0.1) is 0 Å². The largest absolute Gasteiger partial charge is 0.744 e. The molecule has 0 saturated heterocycles. The van der Waals surface area contributed by atoms with Crippen LogP contribution in [0.2, 0.25) is 0 Å². The molecular formula is C18H25O3S-. The van der Waals surface area contributed by atoms with Gasteiger partial charge in [0.25, 0.3) is 0 Å². The van der Waals surface area contributed by atoms with E-state index >= 15 is 0 Å². The minimum Gasteiger partial charge on any atom is -0.744 e. The highest BCUT2D eigenvalue weighted by Crippen LogP contribution is 2.41. The van der Waals surface area contributed by atoms with E-state index in [4.69, 9.17) is 0 Å². The molecule has 122 valence electrons. The average molecular weight is 321 g/mol. The second-order valence-electron chi connectivity index (χ2n) is 6.89. The van der Waals surface area contributed by atoms with Crippen LogP contribution >= 0.6 is 0 Å². The molecule has 1 aromatic carbocycles. The number of rotatable bonds is 3. The molecule has 4 heteroatoms. The first-order chi connectivity index (χ1) is 10.6. The minimum atomic E-state index is -4.41. The van der Waals surface area contributed by atoms with Gasteiger partial charge in [-0.25, -0.2) is 8.42 Å². The fraction of sp³-hybridized carbons (Fsp3) is 0.667. The fourth-order valence-corrected chi connectivity index (χ4v) is 5.38. The molecule has 0 N–H and O–H groups in total. The number of hydrogen-bond acceptors (Lipinski definition) is 3. The molecule has 3 nitrogen and oxygen atoms in total. The summed E-state index contributed by atoms with van der Waals surface area (Å²) in [6.07, 6.45) is 11.0. The maximum Gasteiger partial charge on any atom is 0.124 e. The van der Waals surface area contributed by atoms with Gasteiger partial charge in [0, 0.05) is 0 Å². The first-order valence-corrected chi connectivity index (χ1v) is 10.1. The normalized spacial score (nSPS) is 21.9. The van der Waals surface area contributed by atoms with Crippen molar-refractivity contribution in [3.05, 3.63) is 29.3 Å². The van der Waals surface area contributed by atoms with Gasteiger partial charge in [0.05, 0.1) is 4.90 Å². The Morgan fingerprint density at radius 2 is 1.18 bits per heavy atom. The van der Waals surface area contributed by atoms with Gasteiger partial charge in [0.15, 0.2) is 0 Å². The van der Waals surface area contributed by atoms with Crippen LogP contribution in [-0.2, 0) is 10.1 Å². The van der Waals surface area contributed by atoms with Gasteiger partial charge in [-0.1, -0.05) is 56.7 Å². The lowest BCUT2D eigenvalue weighted by Crippen LogP contribution is -2.16. The van der Waals surface area contributed by atoms with Gasteiger partial charge < -0.3 is 4.55 Å². The van der Waals surface area contributed by atoms with Gasteiger partial charge >= 0.3 is 0 Å². The van der Waals surface area contributed by atoms with Crippen molar-refractivity contribution in [1.82, 2.24) is 0 Å². The van der Waals surface area contributed by atoms with E-state index in [1.807, 2.05) is 18.2 Å². The molecule has 0 aliphatic heterocycles. The maximum atomic E-state index is 12.0. The highest BCUT2D eigenvalue weighted by molar-refractivity contribution is 7.85. The van der Waals surface area contributed by atoms with Crippen LogP contribution in [0.3, 0.4) is 0 Å². The van der Waals surface area contributed by atoms with Crippen molar-refractivity contribution >= 4 is 10.1 Å². The highest BCUT2D eigenvalue weighted by Gasteiger charge is 2.27. The predicted molar refractivity (Wildman–Crippen MR) is 86.1 cm³/mol. The SMILES string of the molecule is O=S(=O)([O-])c1c(C2CCCCC2)cccc1C1CCCCC1. The second kappa shape index (κ2) is 6.71. The molecule has 0 heterocycles. The molecule has 0 unspecified atom stereocenters. The van der Waals surface area contributed by atoms with Crippen LogP contribution < -0.4 is 0 Å². The van der Waals surface area contributed by atoms with Crippen molar-refractivity contribution in [3.63, 3.8) is 0 Å². The van der Waals surface area contributed by atoms with Crippen molar-refractivity contribution in [2.45, 2.75) is 80.9 Å². The van der Waals surface area contributed by atoms with Crippen LogP contribution in [0.5, 0.6) is 0 Å². The van der Waals surface area contributed by atoms with Crippen molar-refractivity contribution in [1.29, 1.82) is 0 Å². The Balaban J connectivity index is 2.05. The predicted octanol–water partition coefficient (Wildman–Crippen LogP) is 4.69. The summed E-state index contributed by atoms with van der Waals surface area (Å²) >= 11 is 0. The maximum absolute atomic E-state index is 12.0. The summed E-state index contributed by atoms with van der Waals surface area (Å²) in [5, 5.41) is 0. The van der Waals surface area contributed by atoms with E-state index in [2.05, 4.69) is 0 Å². The lowest BCUT2D eigenvalue weighted by atomic mass is 9.80. The molecule has 2 aliphatic rings. The summed E-state index contributed by atoms with van der Waals surface area (Å²) in [6.45, 7) is 0. The minimum absolute atomic E-state index is 0.133. The summed E-state index contributed by atoms with van der Waals surface area (Å²) in [6, 6.07) is 5.72. The standard InChI is InChI=1S/C18H26O3S/c19-22(20,21)18-16(14-8-3-1-4-9-14)12-7-13-17(18)15-10-5-2-6-11-15/h7,12-15H,1-6,8-11H2,(H,19,20,21)/p-1. The van der Waals surface area contributed by atoms with Crippen molar-refractivity contribution in [3.8, 4) is 0 Å². The summed E-state index contributed by atoms with van der Waals surface area (Å²) in [7, 11) is -4.41. The Hall–Kier alpha value is -0.870. The summed E-state index contributed by atoms with van der Waals surface area (Å²) in [5.74, 6) is 0.493. The van der Waals surface area contributed by atoms with Crippen LogP contribution in [0.1, 0.15) is 87.2 Å². The van der Waals surface area contributed by atoms with E-state index in [0.717, 1.165) is 62.5 Å². The number of hydrogen-bond donors (Lipinski definition) is 0. The van der Waals surface area contributed by atoms with Crippen LogP contribution in [0.4, 0.5) is 0 Å². The summed E-state index contributed by atoms with van der Waals surface area (Å²) < 4.78 is 36.0. The van der Waals surface area contributed by atoms with Gasteiger partial charge in [-0.05, 0) is 48.6 Å². The molecule has 2 saturated carbocycles. The first-order valence-electron chi connectivity index (χ1n) is 8.66. The van der Waals surface area contributed by atoms with Crippen molar-refractivity contribution < 1.29 is 13.0 Å². The molecule has 0 spiro atoms. The van der Waals surface area contributed by atoms with E-state index in [9.17, 15) is 13.0 Å². The second-order valence-corrected chi connectivity index (χ2v) is 8.21. The van der Waals surface area contributed by atoms with Crippen LogP contribution in [0, 0.1) is 0 Å². The van der Waals surface area contributed by atoms with Gasteiger partial charge in [-0.3, -0.25) is 0 Å². The third-order valence-electron chi connectivity index (χ3n) is 5.42. The van der Waals surface area contributed by atoms with Crippen molar-refractivity contribution in [2.75, 3.05) is 0 Å².